The second-order valence-corrected chi connectivity index (χ2v) is 8.55. The van der Waals surface area contributed by atoms with Crippen molar-refractivity contribution in [3.05, 3.63) is 35.4 Å². The summed E-state index contributed by atoms with van der Waals surface area (Å²) in [6.45, 7) is 10.5. The SMILES string of the molecule is CCNC(=NCC1CN(C)CCN1C)N1CCN(Cc2cccc(C(F)(F)F)c2)CC1. The number of aliphatic imine (C=N–C) groups is 1. The van der Waals surface area contributed by atoms with Crippen LogP contribution >= 0.6 is 0 Å². The second-order valence-electron chi connectivity index (χ2n) is 8.55. The second kappa shape index (κ2) is 10.7. The molecule has 2 aliphatic rings. The highest BCUT2D eigenvalue weighted by Gasteiger charge is 2.30. The van der Waals surface area contributed by atoms with E-state index >= 15 is 0 Å². The Morgan fingerprint density at radius 1 is 1.10 bits per heavy atom. The van der Waals surface area contributed by atoms with Gasteiger partial charge in [0.05, 0.1) is 12.1 Å². The zero-order valence-corrected chi connectivity index (χ0v) is 18.8. The Kier molecular flexibility index (Phi) is 8.18. The van der Waals surface area contributed by atoms with Crippen molar-refractivity contribution >= 4 is 5.96 Å². The molecule has 1 N–H and O–H groups in total. The molecule has 6 nitrogen and oxygen atoms in total. The van der Waals surface area contributed by atoms with Crippen LogP contribution in [0.5, 0.6) is 0 Å². The predicted octanol–water partition coefficient (Wildman–Crippen LogP) is 2.03. The molecule has 0 aromatic heterocycles. The largest absolute Gasteiger partial charge is 0.416 e. The molecule has 1 aromatic carbocycles. The molecule has 0 amide bonds. The first-order valence-electron chi connectivity index (χ1n) is 11.1. The lowest BCUT2D eigenvalue weighted by molar-refractivity contribution is -0.137. The van der Waals surface area contributed by atoms with Crippen LogP contribution < -0.4 is 5.32 Å². The molecule has 1 atom stereocenters. The fourth-order valence-electron chi connectivity index (χ4n) is 4.14. The number of guanidine groups is 1. The normalized spacial score (nSPS) is 22.7. The summed E-state index contributed by atoms with van der Waals surface area (Å²) in [6, 6.07) is 6.06. The van der Waals surface area contributed by atoms with E-state index in [9.17, 15) is 13.2 Å². The van der Waals surface area contributed by atoms with Crippen LogP contribution in [0.4, 0.5) is 13.2 Å². The van der Waals surface area contributed by atoms with E-state index < -0.39 is 11.7 Å². The number of piperazine rings is 2. The van der Waals surface area contributed by atoms with Crippen molar-refractivity contribution in [2.24, 2.45) is 4.99 Å². The van der Waals surface area contributed by atoms with Crippen molar-refractivity contribution < 1.29 is 13.2 Å². The van der Waals surface area contributed by atoms with Crippen LogP contribution in [0.25, 0.3) is 0 Å². The van der Waals surface area contributed by atoms with E-state index in [1.807, 2.05) is 0 Å². The third kappa shape index (κ3) is 6.82. The molecule has 1 aromatic rings. The van der Waals surface area contributed by atoms with Crippen molar-refractivity contribution in [3.8, 4) is 0 Å². The number of rotatable bonds is 5. The summed E-state index contributed by atoms with van der Waals surface area (Å²) < 4.78 is 38.9. The molecule has 0 radical (unpaired) electrons. The maximum atomic E-state index is 13.0. The van der Waals surface area contributed by atoms with Crippen LogP contribution in [0.3, 0.4) is 0 Å². The van der Waals surface area contributed by atoms with Crippen molar-refractivity contribution in [2.45, 2.75) is 25.7 Å². The first kappa shape index (κ1) is 23.8. The van der Waals surface area contributed by atoms with E-state index in [2.05, 4.69) is 45.9 Å². The van der Waals surface area contributed by atoms with Gasteiger partial charge in [-0.2, -0.15) is 13.2 Å². The lowest BCUT2D eigenvalue weighted by Crippen LogP contribution is -2.54. The Morgan fingerprint density at radius 3 is 2.52 bits per heavy atom. The van der Waals surface area contributed by atoms with E-state index in [1.54, 1.807) is 6.07 Å². The number of hydrogen-bond donors (Lipinski definition) is 1. The molecule has 0 saturated carbocycles. The summed E-state index contributed by atoms with van der Waals surface area (Å²) in [5.74, 6) is 0.933. The Balaban J connectivity index is 1.55. The summed E-state index contributed by atoms with van der Waals surface area (Å²) in [4.78, 5) is 14.1. The molecule has 3 rings (SSSR count). The van der Waals surface area contributed by atoms with E-state index in [-0.39, 0.29) is 0 Å². The summed E-state index contributed by atoms with van der Waals surface area (Å²) in [7, 11) is 4.31. The number of likely N-dealkylation sites (N-methyl/N-ethyl adjacent to an activating group) is 2. The average Bonchev–Trinajstić information content (AvgIpc) is 2.73. The first-order valence-corrected chi connectivity index (χ1v) is 11.1. The molecule has 174 valence electrons. The lowest BCUT2D eigenvalue weighted by atomic mass is 10.1. The molecular weight excluding hydrogens is 405 g/mol. The number of nitrogens with one attached hydrogen (secondary N) is 1. The third-order valence-electron chi connectivity index (χ3n) is 6.10. The highest BCUT2D eigenvalue weighted by Crippen LogP contribution is 2.29. The fraction of sp³-hybridized carbons (Fsp3) is 0.682. The number of nitrogens with zero attached hydrogens (tertiary/aromatic N) is 5. The van der Waals surface area contributed by atoms with Crippen molar-refractivity contribution in [3.63, 3.8) is 0 Å². The number of hydrogen-bond acceptors (Lipinski definition) is 4. The van der Waals surface area contributed by atoms with Crippen LogP contribution in [0.1, 0.15) is 18.1 Å². The van der Waals surface area contributed by atoms with Crippen LogP contribution in [0.2, 0.25) is 0 Å². The quantitative estimate of drug-likeness (QED) is 0.560. The summed E-state index contributed by atoms with van der Waals surface area (Å²) >= 11 is 0. The van der Waals surface area contributed by atoms with Crippen LogP contribution in [-0.2, 0) is 12.7 Å². The number of alkyl halides is 3. The average molecular weight is 441 g/mol. The minimum atomic E-state index is -4.30. The van der Waals surface area contributed by atoms with Gasteiger partial charge in [0.25, 0.3) is 0 Å². The molecule has 0 bridgehead atoms. The molecular formula is C22H35F3N6. The zero-order valence-electron chi connectivity index (χ0n) is 18.8. The Hall–Kier alpha value is -1.84. The van der Waals surface area contributed by atoms with Crippen LogP contribution in [0, 0.1) is 0 Å². The first-order chi connectivity index (χ1) is 14.8. The molecule has 2 aliphatic heterocycles. The van der Waals surface area contributed by atoms with Gasteiger partial charge in [-0.05, 0) is 32.6 Å². The summed E-state index contributed by atoms with van der Waals surface area (Å²) in [5, 5.41) is 3.41. The van der Waals surface area contributed by atoms with Crippen molar-refractivity contribution in [1.82, 2.24) is 24.9 Å². The maximum absolute atomic E-state index is 13.0. The number of benzene rings is 1. The van der Waals surface area contributed by atoms with Gasteiger partial charge < -0.3 is 15.1 Å². The smallest absolute Gasteiger partial charge is 0.357 e. The molecule has 9 heteroatoms. The van der Waals surface area contributed by atoms with Gasteiger partial charge in [-0.3, -0.25) is 14.8 Å². The maximum Gasteiger partial charge on any atom is 0.416 e. The van der Waals surface area contributed by atoms with Gasteiger partial charge in [0.2, 0.25) is 0 Å². The van der Waals surface area contributed by atoms with Crippen LogP contribution in [-0.4, -0.2) is 105 Å². The molecule has 0 spiro atoms. The Labute approximate surface area is 183 Å². The summed E-state index contributed by atoms with van der Waals surface area (Å²) in [6.07, 6.45) is -4.30. The highest BCUT2D eigenvalue weighted by molar-refractivity contribution is 5.80. The zero-order chi connectivity index (χ0) is 22.4. The van der Waals surface area contributed by atoms with Gasteiger partial charge in [0.15, 0.2) is 5.96 Å². The molecule has 1 unspecified atom stereocenters. The van der Waals surface area contributed by atoms with Gasteiger partial charge in [-0.1, -0.05) is 18.2 Å². The molecule has 0 aliphatic carbocycles. The minimum absolute atomic E-state index is 0.412. The minimum Gasteiger partial charge on any atom is -0.357 e. The lowest BCUT2D eigenvalue weighted by Gasteiger charge is -2.38. The van der Waals surface area contributed by atoms with Crippen LogP contribution in [0.15, 0.2) is 29.3 Å². The van der Waals surface area contributed by atoms with Gasteiger partial charge in [0, 0.05) is 64.9 Å². The van der Waals surface area contributed by atoms with Crippen molar-refractivity contribution in [1.29, 1.82) is 0 Å². The fourth-order valence-corrected chi connectivity index (χ4v) is 4.14. The molecule has 2 heterocycles. The standard InChI is InChI=1S/C22H35F3N6/c1-4-26-21(27-15-20-17-28(2)8-9-29(20)3)31-12-10-30(11-13-31)16-18-6-5-7-19(14-18)22(23,24)25/h5-7,14,20H,4,8-13,15-17H2,1-3H3,(H,26,27). The van der Waals surface area contributed by atoms with E-state index in [0.717, 1.165) is 70.9 Å². The van der Waals surface area contributed by atoms with E-state index in [0.29, 0.717) is 18.2 Å². The molecule has 2 saturated heterocycles. The van der Waals surface area contributed by atoms with Gasteiger partial charge in [0.1, 0.15) is 0 Å². The van der Waals surface area contributed by atoms with Crippen molar-refractivity contribution in [2.75, 3.05) is 73.0 Å². The van der Waals surface area contributed by atoms with Gasteiger partial charge >= 0.3 is 6.18 Å². The Bertz CT molecular complexity index is 730. The predicted molar refractivity (Wildman–Crippen MR) is 118 cm³/mol. The monoisotopic (exact) mass is 440 g/mol. The highest BCUT2D eigenvalue weighted by atomic mass is 19.4. The van der Waals surface area contributed by atoms with E-state index in [1.165, 1.54) is 12.1 Å². The Morgan fingerprint density at radius 2 is 1.84 bits per heavy atom. The summed E-state index contributed by atoms with van der Waals surface area (Å²) in [5.41, 5.74) is 0.122. The third-order valence-corrected chi connectivity index (χ3v) is 6.10. The molecule has 31 heavy (non-hydrogen) atoms. The van der Waals surface area contributed by atoms with Gasteiger partial charge in [-0.25, -0.2) is 0 Å². The molecule has 2 fully saturated rings. The number of halogens is 3. The topological polar surface area (TPSA) is 37.4 Å². The van der Waals surface area contributed by atoms with E-state index in [4.69, 9.17) is 4.99 Å². The van der Waals surface area contributed by atoms with Gasteiger partial charge in [-0.15, -0.1) is 0 Å².